The molecule has 0 amide bonds. The third-order valence-corrected chi connectivity index (χ3v) is 8.74. The predicted molar refractivity (Wildman–Crippen MR) is 108 cm³/mol. The molecule has 3 aliphatic carbocycles. The van der Waals surface area contributed by atoms with E-state index < -0.39 is 0 Å². The minimum atomic E-state index is -0.373. The number of carbonyl (C=O) groups is 2. The highest BCUT2D eigenvalue weighted by Gasteiger charge is 2.64. The van der Waals surface area contributed by atoms with Gasteiger partial charge in [0.1, 0.15) is 12.7 Å². The number of ether oxygens (including phenoxy) is 2. The fraction of sp³-hybridized carbons (Fsp3) is 0.750. The number of hydrogen-bond acceptors (Lipinski definition) is 5. The number of hydrogen-bond donors (Lipinski definition) is 0. The molecular weight excluding hydrogens is 368 g/mol. The number of rotatable bonds is 3. The van der Waals surface area contributed by atoms with Gasteiger partial charge >= 0.3 is 11.9 Å². The Kier molecular flexibility index (Phi) is 4.86. The van der Waals surface area contributed by atoms with E-state index >= 15 is 0 Å². The van der Waals surface area contributed by atoms with Crippen molar-refractivity contribution in [2.75, 3.05) is 6.61 Å². The van der Waals surface area contributed by atoms with Gasteiger partial charge in [0.05, 0.1) is 12.5 Å². The quantitative estimate of drug-likeness (QED) is 0.679. The fourth-order valence-corrected chi connectivity index (χ4v) is 7.48. The molecule has 5 nitrogen and oxygen atoms in total. The smallest absolute Gasteiger partial charge is 0.302 e. The SMILES string of the molecule is CC(=O)OC[C@]1(C)[C@@H]2CC[C@@]3(C)c4cocc4CC[C@@H]3[C@@]2(C)CC[C@@H]1OC(C)=O. The first-order valence-electron chi connectivity index (χ1n) is 11.0. The zero-order valence-electron chi connectivity index (χ0n) is 18.4. The van der Waals surface area contributed by atoms with Gasteiger partial charge in [-0.1, -0.05) is 20.8 Å². The van der Waals surface area contributed by atoms with Gasteiger partial charge in [-0.15, -0.1) is 0 Å². The van der Waals surface area contributed by atoms with Gasteiger partial charge in [0.15, 0.2) is 0 Å². The first-order valence-corrected chi connectivity index (χ1v) is 11.0. The van der Waals surface area contributed by atoms with Crippen molar-refractivity contribution in [1.82, 2.24) is 0 Å². The Labute approximate surface area is 173 Å². The molecule has 1 aromatic rings. The summed E-state index contributed by atoms with van der Waals surface area (Å²) < 4.78 is 16.9. The van der Waals surface area contributed by atoms with E-state index in [1.807, 2.05) is 12.5 Å². The van der Waals surface area contributed by atoms with Crippen molar-refractivity contribution < 1.29 is 23.5 Å². The zero-order chi connectivity index (χ0) is 21.0. The summed E-state index contributed by atoms with van der Waals surface area (Å²) in [6, 6.07) is 0. The Morgan fingerprint density at radius 2 is 1.79 bits per heavy atom. The van der Waals surface area contributed by atoms with Crippen LogP contribution < -0.4 is 0 Å². The molecule has 0 aliphatic heterocycles. The van der Waals surface area contributed by atoms with Gasteiger partial charge in [0.2, 0.25) is 0 Å². The molecule has 1 aromatic heterocycles. The standard InChI is InChI=1S/C24H34O5/c1-15(25)28-14-24(5)20-8-10-22(3)18-13-27-12-17(18)6-7-19(22)23(20,4)11-9-21(24)29-16(2)26/h12-13,19-21H,6-11,14H2,1-5H3/t19-,20+,21-,22-,23+,24+/m0/s1. The van der Waals surface area contributed by atoms with Crippen LogP contribution in [0, 0.1) is 22.7 Å². The highest BCUT2D eigenvalue weighted by Crippen LogP contribution is 2.67. The summed E-state index contributed by atoms with van der Waals surface area (Å²) in [4.78, 5) is 23.5. The molecule has 5 heteroatoms. The summed E-state index contributed by atoms with van der Waals surface area (Å²) >= 11 is 0. The third-order valence-electron chi connectivity index (χ3n) is 8.74. The van der Waals surface area contributed by atoms with Crippen LogP contribution in [-0.2, 0) is 30.9 Å². The van der Waals surface area contributed by atoms with E-state index in [0.29, 0.717) is 18.4 Å². The number of fused-ring (bicyclic) bond motifs is 5. The molecule has 0 spiro atoms. The summed E-state index contributed by atoms with van der Waals surface area (Å²) in [5, 5.41) is 0. The molecule has 0 N–H and O–H groups in total. The molecule has 3 aliphatic rings. The van der Waals surface area contributed by atoms with Crippen LogP contribution in [0.2, 0.25) is 0 Å². The molecular formula is C24H34O5. The first kappa shape index (κ1) is 20.5. The van der Waals surface area contributed by atoms with Crippen LogP contribution in [0.1, 0.15) is 77.8 Å². The molecule has 29 heavy (non-hydrogen) atoms. The van der Waals surface area contributed by atoms with Gasteiger partial charge in [-0.3, -0.25) is 9.59 Å². The average molecular weight is 403 g/mol. The first-order chi connectivity index (χ1) is 13.6. The van der Waals surface area contributed by atoms with Crippen molar-refractivity contribution in [1.29, 1.82) is 0 Å². The number of furan rings is 1. The van der Waals surface area contributed by atoms with Crippen LogP contribution in [0.4, 0.5) is 0 Å². The van der Waals surface area contributed by atoms with Gasteiger partial charge in [-0.2, -0.15) is 0 Å². The van der Waals surface area contributed by atoms with Crippen LogP contribution in [0.3, 0.4) is 0 Å². The average Bonchev–Trinajstić information content (AvgIpc) is 3.12. The van der Waals surface area contributed by atoms with E-state index in [1.54, 1.807) is 0 Å². The molecule has 0 saturated heterocycles. The Balaban J connectivity index is 1.72. The van der Waals surface area contributed by atoms with Gasteiger partial charge in [0, 0.05) is 19.3 Å². The van der Waals surface area contributed by atoms with E-state index in [0.717, 1.165) is 38.5 Å². The maximum atomic E-state index is 11.8. The van der Waals surface area contributed by atoms with Crippen molar-refractivity contribution in [3.05, 3.63) is 23.7 Å². The lowest BCUT2D eigenvalue weighted by molar-refractivity contribution is -0.204. The molecule has 160 valence electrons. The van der Waals surface area contributed by atoms with E-state index in [4.69, 9.17) is 13.9 Å². The van der Waals surface area contributed by atoms with E-state index in [1.165, 1.54) is 25.0 Å². The zero-order valence-corrected chi connectivity index (χ0v) is 18.4. The number of aryl methyl sites for hydroxylation is 1. The second-order valence-corrected chi connectivity index (χ2v) is 10.3. The molecule has 0 unspecified atom stereocenters. The molecule has 0 aromatic carbocycles. The summed E-state index contributed by atoms with van der Waals surface area (Å²) in [6.45, 7) is 10.2. The number of esters is 2. The van der Waals surface area contributed by atoms with Crippen molar-refractivity contribution in [2.24, 2.45) is 22.7 Å². The molecule has 0 bridgehead atoms. The second kappa shape index (κ2) is 6.88. The van der Waals surface area contributed by atoms with Crippen LogP contribution in [0.15, 0.2) is 16.9 Å². The van der Waals surface area contributed by atoms with Gasteiger partial charge in [-0.05, 0) is 72.3 Å². The van der Waals surface area contributed by atoms with Crippen molar-refractivity contribution >= 4 is 11.9 Å². The Hall–Kier alpha value is -1.78. The minimum Gasteiger partial charge on any atom is -0.472 e. The van der Waals surface area contributed by atoms with Gasteiger partial charge in [0.25, 0.3) is 0 Å². The van der Waals surface area contributed by atoms with Crippen LogP contribution in [0.5, 0.6) is 0 Å². The third kappa shape index (κ3) is 3.03. The van der Waals surface area contributed by atoms with Crippen molar-refractivity contribution in [2.45, 2.75) is 84.7 Å². The van der Waals surface area contributed by atoms with Gasteiger partial charge < -0.3 is 13.9 Å². The lowest BCUT2D eigenvalue weighted by atomic mass is 9.40. The van der Waals surface area contributed by atoms with E-state index in [9.17, 15) is 9.59 Å². The Morgan fingerprint density at radius 3 is 2.48 bits per heavy atom. The highest BCUT2D eigenvalue weighted by molar-refractivity contribution is 5.66. The Bertz CT molecular complexity index is 812. The lowest BCUT2D eigenvalue weighted by Gasteiger charge is -2.65. The molecule has 6 atom stereocenters. The maximum Gasteiger partial charge on any atom is 0.302 e. The van der Waals surface area contributed by atoms with E-state index in [-0.39, 0.29) is 34.3 Å². The largest absolute Gasteiger partial charge is 0.472 e. The Morgan fingerprint density at radius 1 is 1.03 bits per heavy atom. The molecule has 4 rings (SSSR count). The second-order valence-electron chi connectivity index (χ2n) is 10.3. The van der Waals surface area contributed by atoms with Crippen LogP contribution in [0.25, 0.3) is 0 Å². The summed E-state index contributed by atoms with van der Waals surface area (Å²) in [7, 11) is 0. The lowest BCUT2D eigenvalue weighted by Crippen LogP contribution is -2.63. The topological polar surface area (TPSA) is 65.7 Å². The van der Waals surface area contributed by atoms with Crippen LogP contribution >= 0.6 is 0 Å². The van der Waals surface area contributed by atoms with E-state index in [2.05, 4.69) is 20.8 Å². The summed E-state index contributed by atoms with van der Waals surface area (Å²) in [5.74, 6) is 0.336. The monoisotopic (exact) mass is 402 g/mol. The summed E-state index contributed by atoms with van der Waals surface area (Å²) in [6.07, 6.45) is 9.83. The molecule has 0 radical (unpaired) electrons. The molecule has 1 heterocycles. The van der Waals surface area contributed by atoms with Crippen LogP contribution in [-0.4, -0.2) is 24.6 Å². The van der Waals surface area contributed by atoms with Crippen molar-refractivity contribution in [3.8, 4) is 0 Å². The fourth-order valence-electron chi connectivity index (χ4n) is 7.48. The maximum absolute atomic E-state index is 11.8. The molecule has 2 saturated carbocycles. The van der Waals surface area contributed by atoms with Crippen molar-refractivity contribution in [3.63, 3.8) is 0 Å². The van der Waals surface area contributed by atoms with Gasteiger partial charge in [-0.25, -0.2) is 0 Å². The molecule has 2 fully saturated rings. The predicted octanol–water partition coefficient (Wildman–Crippen LogP) is 4.81. The summed E-state index contributed by atoms with van der Waals surface area (Å²) in [5.41, 5.74) is 2.59. The normalized spacial score (nSPS) is 40.9. The highest BCUT2D eigenvalue weighted by atomic mass is 16.6. The minimum absolute atomic E-state index is 0.105. The number of carbonyl (C=O) groups excluding carboxylic acids is 2.